The van der Waals surface area contributed by atoms with E-state index in [1.807, 2.05) is 31.6 Å². The topological polar surface area (TPSA) is 100 Å². The van der Waals surface area contributed by atoms with Gasteiger partial charge in [-0.2, -0.15) is 10.1 Å². The molecule has 3 heterocycles. The predicted molar refractivity (Wildman–Crippen MR) is 179 cm³/mol. The highest BCUT2D eigenvalue weighted by Crippen LogP contribution is 2.43. The molecule has 0 atom stereocenters. The molecule has 0 amide bonds. The molecule has 13 heteroatoms. The Morgan fingerprint density at radius 2 is 1.77 bits per heavy atom. The second-order valence-electron chi connectivity index (χ2n) is 11.6. The number of halogens is 2. The number of anilines is 5. The molecule has 1 aliphatic carbocycles. The van der Waals surface area contributed by atoms with E-state index in [9.17, 15) is 8.96 Å². The first-order valence-corrected chi connectivity index (χ1v) is 18.0. The molecule has 0 bridgehead atoms. The molecule has 44 heavy (non-hydrogen) atoms. The van der Waals surface area contributed by atoms with Crippen molar-refractivity contribution in [2.45, 2.75) is 12.8 Å². The zero-order chi connectivity index (χ0) is 31.0. The zero-order valence-corrected chi connectivity index (χ0v) is 27.9. The van der Waals surface area contributed by atoms with Crippen molar-refractivity contribution in [2.24, 2.45) is 7.05 Å². The largest absolute Gasteiger partial charge is 0.494 e. The minimum atomic E-state index is -2.54. The lowest BCUT2D eigenvalue weighted by atomic mass is 9.88. The number of nitrogens with zero attached hydrogens (tertiary/aromatic N) is 6. The maximum absolute atomic E-state index is 13.2. The van der Waals surface area contributed by atoms with Crippen molar-refractivity contribution in [1.82, 2.24) is 24.6 Å². The summed E-state index contributed by atoms with van der Waals surface area (Å²) >= 11 is 3.59. The molecule has 0 radical (unpaired) electrons. The van der Waals surface area contributed by atoms with E-state index in [0.717, 1.165) is 66.8 Å². The van der Waals surface area contributed by atoms with Crippen molar-refractivity contribution in [2.75, 3.05) is 75.4 Å². The number of nitrogens with one attached hydrogen (secondary N) is 2. The Balaban J connectivity index is 1.33. The van der Waals surface area contributed by atoms with Crippen LogP contribution in [-0.2, 0) is 24.5 Å². The van der Waals surface area contributed by atoms with Gasteiger partial charge in [0.1, 0.15) is 25.4 Å². The molecule has 1 saturated heterocycles. The molecule has 232 valence electrons. The van der Waals surface area contributed by atoms with Crippen molar-refractivity contribution in [3.63, 3.8) is 0 Å². The van der Waals surface area contributed by atoms with Crippen molar-refractivity contribution in [1.29, 1.82) is 0 Å². The molecule has 2 aliphatic rings. The van der Waals surface area contributed by atoms with Crippen LogP contribution in [-0.4, -0.2) is 84.5 Å². The van der Waals surface area contributed by atoms with Crippen molar-refractivity contribution >= 4 is 57.2 Å². The van der Waals surface area contributed by atoms with Crippen LogP contribution < -0.4 is 25.6 Å². The first-order chi connectivity index (χ1) is 21.1. The van der Waals surface area contributed by atoms with Crippen LogP contribution in [0.2, 0.25) is 0 Å². The average Bonchev–Trinajstić information content (AvgIpc) is 3.42. The molecule has 10 nitrogen and oxygen atoms in total. The molecule has 4 aromatic rings. The maximum Gasteiger partial charge on any atom is 0.229 e. The van der Waals surface area contributed by atoms with Gasteiger partial charge in [-0.25, -0.2) is 9.37 Å². The summed E-state index contributed by atoms with van der Waals surface area (Å²) in [4.78, 5) is 13.8. The number of piperazine rings is 1. The maximum atomic E-state index is 13.2. The van der Waals surface area contributed by atoms with Gasteiger partial charge in [-0.3, -0.25) is 9.58 Å². The minimum absolute atomic E-state index is 0.336. The van der Waals surface area contributed by atoms with E-state index in [2.05, 4.69) is 58.6 Å². The van der Waals surface area contributed by atoms with Crippen LogP contribution in [0.5, 0.6) is 5.75 Å². The minimum Gasteiger partial charge on any atom is -0.494 e. The van der Waals surface area contributed by atoms with Crippen LogP contribution in [0.3, 0.4) is 0 Å². The fourth-order valence-electron chi connectivity index (χ4n) is 5.76. The lowest BCUT2D eigenvalue weighted by Gasteiger charge is -2.37. The van der Waals surface area contributed by atoms with E-state index in [-0.39, 0.29) is 6.67 Å². The molecule has 1 aliphatic heterocycles. The van der Waals surface area contributed by atoms with Gasteiger partial charge in [0.05, 0.1) is 29.2 Å². The normalized spacial score (nSPS) is 15.1. The summed E-state index contributed by atoms with van der Waals surface area (Å²) in [5.74, 6) is 1.58. The third-order valence-electron chi connectivity index (χ3n) is 8.25. The number of aromatic nitrogens is 4. The van der Waals surface area contributed by atoms with Gasteiger partial charge in [0.2, 0.25) is 5.95 Å². The van der Waals surface area contributed by atoms with Crippen molar-refractivity contribution < 1.29 is 13.7 Å². The van der Waals surface area contributed by atoms with Crippen LogP contribution in [0.15, 0.2) is 47.3 Å². The van der Waals surface area contributed by atoms with E-state index in [1.165, 1.54) is 11.1 Å². The van der Waals surface area contributed by atoms with Gasteiger partial charge in [-0.1, -0.05) is 0 Å². The third-order valence-corrected chi connectivity index (χ3v) is 10.4. The number of fused-ring (bicyclic) bond motifs is 1. The second kappa shape index (κ2) is 12.5. The van der Waals surface area contributed by atoms with Gasteiger partial charge in [-0.15, -0.1) is 0 Å². The van der Waals surface area contributed by atoms with Crippen LogP contribution in [0, 0.1) is 0 Å². The van der Waals surface area contributed by atoms with E-state index in [4.69, 9.17) is 9.72 Å². The quantitative estimate of drug-likeness (QED) is 0.208. The standard InChI is InChI=1S/C31H37BrFN8O2P/c1-39-19-22(17-35-39)23-15-25(28(43-2)16-27(23)41-11-9-40(8-7-33)10-12-41)37-31-34-18-24(32)30(38-31)36-26-13-20-5-6-21(20)14-29(26)44(3,4)42/h13-19H,5-12H2,1-4H3,(H2,34,36,37,38). The van der Waals surface area contributed by atoms with Gasteiger partial charge in [0.25, 0.3) is 0 Å². The van der Waals surface area contributed by atoms with Crippen LogP contribution in [0.1, 0.15) is 11.1 Å². The van der Waals surface area contributed by atoms with Gasteiger partial charge < -0.3 is 24.8 Å². The van der Waals surface area contributed by atoms with Gasteiger partial charge in [0.15, 0.2) is 0 Å². The first-order valence-electron chi connectivity index (χ1n) is 14.6. The number of alkyl halides is 1. The van der Waals surface area contributed by atoms with Gasteiger partial charge in [0, 0.05) is 80.4 Å². The molecule has 0 saturated carbocycles. The Kier molecular flexibility index (Phi) is 8.68. The van der Waals surface area contributed by atoms with Crippen molar-refractivity contribution in [3.05, 3.63) is 58.5 Å². The Morgan fingerprint density at radius 3 is 2.41 bits per heavy atom. The Morgan fingerprint density at radius 1 is 1.02 bits per heavy atom. The lowest BCUT2D eigenvalue weighted by Crippen LogP contribution is -2.47. The fraction of sp³-hybridized carbons (Fsp3) is 0.387. The molecule has 6 rings (SSSR count). The predicted octanol–water partition coefficient (Wildman–Crippen LogP) is 5.57. The van der Waals surface area contributed by atoms with E-state index in [1.54, 1.807) is 31.3 Å². The molecule has 0 spiro atoms. The molecule has 2 aromatic carbocycles. The summed E-state index contributed by atoms with van der Waals surface area (Å²) in [6, 6.07) is 8.23. The molecule has 0 unspecified atom stereocenters. The first kappa shape index (κ1) is 30.6. The number of aryl methyl sites for hydroxylation is 3. The summed E-state index contributed by atoms with van der Waals surface area (Å²) in [5, 5.41) is 12.0. The highest BCUT2D eigenvalue weighted by Gasteiger charge is 2.25. The summed E-state index contributed by atoms with van der Waals surface area (Å²) in [7, 11) is 0.999. The summed E-state index contributed by atoms with van der Waals surface area (Å²) in [6.45, 7) is 6.85. The Hall–Kier alpha value is -3.47. The van der Waals surface area contributed by atoms with Gasteiger partial charge in [-0.05, 0) is 71.4 Å². The number of ether oxygens (including phenoxy) is 1. The summed E-state index contributed by atoms with van der Waals surface area (Å²) < 4.78 is 34.4. The number of benzene rings is 2. The fourth-order valence-corrected chi connectivity index (χ4v) is 7.22. The van der Waals surface area contributed by atoms with Crippen LogP contribution >= 0.6 is 23.1 Å². The third kappa shape index (κ3) is 6.34. The summed E-state index contributed by atoms with van der Waals surface area (Å²) in [5.41, 5.74) is 7.02. The van der Waals surface area contributed by atoms with Crippen LogP contribution in [0.4, 0.5) is 33.2 Å². The smallest absolute Gasteiger partial charge is 0.229 e. The number of hydrogen-bond acceptors (Lipinski definition) is 9. The average molecular weight is 684 g/mol. The molecular formula is C31H37BrFN8O2P. The molecule has 1 fully saturated rings. The summed E-state index contributed by atoms with van der Waals surface area (Å²) in [6.07, 6.45) is 7.56. The van der Waals surface area contributed by atoms with E-state index >= 15 is 0 Å². The second-order valence-corrected chi connectivity index (χ2v) is 15.7. The van der Waals surface area contributed by atoms with E-state index < -0.39 is 7.14 Å². The Bertz CT molecular complexity index is 1730. The zero-order valence-electron chi connectivity index (χ0n) is 25.4. The highest BCUT2D eigenvalue weighted by molar-refractivity contribution is 9.10. The van der Waals surface area contributed by atoms with E-state index in [0.29, 0.717) is 34.2 Å². The number of rotatable bonds is 10. The number of methoxy groups -OCH3 is 1. The lowest BCUT2D eigenvalue weighted by molar-refractivity contribution is 0.235. The Labute approximate surface area is 265 Å². The SMILES string of the molecule is COc1cc(N2CCN(CCF)CC2)c(-c2cnn(C)c2)cc1Nc1ncc(Br)c(Nc2cc3c(cc2P(C)(C)=O)CC3)n1. The van der Waals surface area contributed by atoms with Gasteiger partial charge >= 0.3 is 0 Å². The molecule has 2 aromatic heterocycles. The van der Waals surface area contributed by atoms with Crippen molar-refractivity contribution in [3.8, 4) is 16.9 Å². The number of hydrogen-bond donors (Lipinski definition) is 2. The van der Waals surface area contributed by atoms with Crippen LogP contribution in [0.25, 0.3) is 11.1 Å². The monoisotopic (exact) mass is 682 g/mol. The molecular weight excluding hydrogens is 646 g/mol. The molecule has 2 N–H and O–H groups in total. The highest BCUT2D eigenvalue weighted by atomic mass is 79.9.